The molecular formula is C40H42F6N4O4. The largest absolute Gasteiger partial charge is 0.486 e. The summed E-state index contributed by atoms with van der Waals surface area (Å²) >= 11 is 0. The summed E-state index contributed by atoms with van der Waals surface area (Å²) in [6.45, 7) is 4.45. The number of aliphatic hydroxyl groups is 1. The number of fused-ring (bicyclic) bond motifs is 1. The Labute approximate surface area is 309 Å². The Morgan fingerprint density at radius 3 is 2.19 bits per heavy atom. The van der Waals surface area contributed by atoms with Gasteiger partial charge >= 0.3 is 12.4 Å². The van der Waals surface area contributed by atoms with Gasteiger partial charge in [0.05, 0.1) is 47.1 Å². The average Bonchev–Trinajstić information content (AvgIpc) is 3.12. The van der Waals surface area contributed by atoms with Crippen LogP contribution in [0.4, 0.5) is 43.4 Å². The number of hydrogen-bond acceptors (Lipinski definition) is 6. The summed E-state index contributed by atoms with van der Waals surface area (Å²) in [5, 5.41) is 12.8. The van der Waals surface area contributed by atoms with Crippen molar-refractivity contribution in [2.24, 2.45) is 5.92 Å². The summed E-state index contributed by atoms with van der Waals surface area (Å²) in [7, 11) is 3.46. The highest BCUT2D eigenvalue weighted by Gasteiger charge is 2.36. The van der Waals surface area contributed by atoms with Crippen molar-refractivity contribution in [2.45, 2.75) is 51.3 Å². The molecule has 0 radical (unpaired) electrons. The van der Waals surface area contributed by atoms with Crippen LogP contribution in [0.5, 0.6) is 5.75 Å². The molecule has 14 heteroatoms. The van der Waals surface area contributed by atoms with Crippen LogP contribution in [-0.2, 0) is 30.1 Å². The number of alkyl halides is 6. The normalized spacial score (nSPS) is 17.0. The van der Waals surface area contributed by atoms with Gasteiger partial charge in [0.15, 0.2) is 5.75 Å². The number of benzene rings is 4. The van der Waals surface area contributed by atoms with Crippen LogP contribution in [0, 0.1) is 5.92 Å². The zero-order valence-electron chi connectivity index (χ0n) is 30.2. The van der Waals surface area contributed by atoms with Crippen LogP contribution in [0.3, 0.4) is 0 Å². The predicted octanol–water partition coefficient (Wildman–Crippen LogP) is 8.03. The number of para-hydroxylation sites is 2. The maximum Gasteiger partial charge on any atom is 0.418 e. The summed E-state index contributed by atoms with van der Waals surface area (Å²) < 4.78 is 86.7. The summed E-state index contributed by atoms with van der Waals surface area (Å²) in [5.74, 6) is -1.04. The first-order chi connectivity index (χ1) is 25.5. The molecule has 0 aromatic heterocycles. The van der Waals surface area contributed by atoms with Crippen molar-refractivity contribution >= 4 is 28.9 Å². The number of carbonyl (C=O) groups is 2. The van der Waals surface area contributed by atoms with Gasteiger partial charge in [-0.15, -0.1) is 0 Å². The topological polar surface area (TPSA) is 85.3 Å². The Morgan fingerprint density at radius 1 is 0.907 bits per heavy atom. The molecule has 1 unspecified atom stereocenters. The van der Waals surface area contributed by atoms with E-state index in [0.29, 0.717) is 24.3 Å². The number of aliphatic hydroxyl groups excluding tert-OH is 1. The molecule has 288 valence electrons. The molecule has 4 aromatic rings. The van der Waals surface area contributed by atoms with Crippen molar-refractivity contribution in [3.63, 3.8) is 0 Å². The predicted molar refractivity (Wildman–Crippen MR) is 194 cm³/mol. The molecule has 3 atom stereocenters. The van der Waals surface area contributed by atoms with E-state index in [1.54, 1.807) is 55.3 Å². The SMILES string of the molecule is CC(CO)N1C[C@@H](C)[C@@H](CN(C)Cc2ccc(N(C)c3ccccc3C(F)(F)F)cc2)Oc2c(NC(=O)Cc3ccc(C(F)(F)F)cc3)cccc2C1=O. The van der Waals surface area contributed by atoms with Crippen molar-refractivity contribution in [3.05, 3.63) is 119 Å². The molecule has 0 bridgehead atoms. The highest BCUT2D eigenvalue weighted by atomic mass is 19.4. The zero-order valence-corrected chi connectivity index (χ0v) is 30.2. The third kappa shape index (κ3) is 9.52. The average molecular weight is 757 g/mol. The molecular weight excluding hydrogens is 714 g/mol. The van der Waals surface area contributed by atoms with Crippen LogP contribution >= 0.6 is 0 Å². The summed E-state index contributed by atoms with van der Waals surface area (Å²) in [6, 6.07) is 21.1. The number of rotatable bonds is 11. The first-order valence-corrected chi connectivity index (χ1v) is 17.3. The zero-order chi connectivity index (χ0) is 39.4. The number of hydrogen-bond donors (Lipinski definition) is 2. The molecule has 4 aromatic carbocycles. The minimum Gasteiger partial charge on any atom is -0.486 e. The highest BCUT2D eigenvalue weighted by Crippen LogP contribution is 2.39. The van der Waals surface area contributed by atoms with Crippen LogP contribution in [-0.4, -0.2) is 72.7 Å². The van der Waals surface area contributed by atoms with E-state index < -0.39 is 47.4 Å². The maximum absolute atomic E-state index is 13.8. The number of carbonyl (C=O) groups excluding carboxylic acids is 2. The molecule has 8 nitrogen and oxygen atoms in total. The van der Waals surface area contributed by atoms with E-state index in [4.69, 9.17) is 4.74 Å². The number of ether oxygens (including phenoxy) is 1. The van der Waals surface area contributed by atoms with E-state index in [-0.39, 0.29) is 48.2 Å². The van der Waals surface area contributed by atoms with Crippen LogP contribution in [0.2, 0.25) is 0 Å². The van der Waals surface area contributed by atoms with Crippen molar-refractivity contribution < 1.29 is 45.8 Å². The number of likely N-dealkylation sites (N-methyl/N-ethyl adjacent to an activating group) is 1. The quantitative estimate of drug-likeness (QED) is 0.151. The summed E-state index contributed by atoms with van der Waals surface area (Å²) in [5.41, 5.74) is 0.674. The fourth-order valence-corrected chi connectivity index (χ4v) is 6.40. The molecule has 5 rings (SSSR count). The monoisotopic (exact) mass is 756 g/mol. The Morgan fingerprint density at radius 2 is 1.56 bits per heavy atom. The molecule has 0 saturated heterocycles. The number of nitrogens with zero attached hydrogens (tertiary/aromatic N) is 3. The summed E-state index contributed by atoms with van der Waals surface area (Å²) in [6.07, 6.45) is -9.76. The third-order valence-electron chi connectivity index (χ3n) is 9.45. The van der Waals surface area contributed by atoms with Gasteiger partial charge in [0, 0.05) is 38.3 Å². The van der Waals surface area contributed by atoms with E-state index in [2.05, 4.69) is 5.32 Å². The molecule has 54 heavy (non-hydrogen) atoms. The second-order valence-electron chi connectivity index (χ2n) is 13.7. The van der Waals surface area contributed by atoms with E-state index in [1.807, 2.05) is 31.0 Å². The van der Waals surface area contributed by atoms with Gasteiger partial charge in [-0.25, -0.2) is 0 Å². The van der Waals surface area contributed by atoms with Gasteiger partial charge < -0.3 is 25.0 Å². The van der Waals surface area contributed by atoms with E-state index in [0.717, 1.165) is 23.8 Å². The van der Waals surface area contributed by atoms with Crippen LogP contribution in [0.15, 0.2) is 91.0 Å². The minimum absolute atomic E-state index is 0.0313. The van der Waals surface area contributed by atoms with E-state index >= 15 is 0 Å². The van der Waals surface area contributed by atoms with E-state index in [1.165, 1.54) is 29.2 Å². The van der Waals surface area contributed by atoms with Crippen LogP contribution in [0.1, 0.15) is 46.5 Å². The molecule has 2 N–H and O–H groups in total. The van der Waals surface area contributed by atoms with Gasteiger partial charge in [0.2, 0.25) is 5.91 Å². The molecule has 0 spiro atoms. The van der Waals surface area contributed by atoms with Crippen molar-refractivity contribution in [1.82, 2.24) is 9.80 Å². The number of amides is 2. The standard InChI is InChI=1S/C40H42F6N4O4/c1-25-21-50(26(2)24-51)38(53)31-8-7-10-33(47-36(52)20-27-12-16-29(17-13-27)39(41,42)43)37(31)54-35(25)23-48(3)22-28-14-18-30(19-15-28)49(4)34-11-6-5-9-32(34)40(44,45)46/h5-19,25-26,35,51H,20-24H2,1-4H3,(H,47,52)/t25-,26?,35-/m1/s1. The molecule has 1 heterocycles. The number of halogens is 6. The molecule has 1 aliphatic heterocycles. The number of nitrogens with one attached hydrogen (secondary N) is 1. The summed E-state index contributed by atoms with van der Waals surface area (Å²) in [4.78, 5) is 32.1. The first-order valence-electron chi connectivity index (χ1n) is 17.3. The minimum atomic E-state index is -4.51. The second-order valence-corrected chi connectivity index (χ2v) is 13.7. The molecule has 0 saturated carbocycles. The van der Waals surface area contributed by atoms with Gasteiger partial charge in [0.25, 0.3) is 5.91 Å². The van der Waals surface area contributed by atoms with Gasteiger partial charge in [-0.2, -0.15) is 26.3 Å². The fraction of sp³-hybridized carbons (Fsp3) is 0.350. The van der Waals surface area contributed by atoms with Crippen molar-refractivity contribution in [3.8, 4) is 5.75 Å². The third-order valence-corrected chi connectivity index (χ3v) is 9.45. The van der Waals surface area contributed by atoms with Gasteiger partial charge in [-0.05, 0) is 73.6 Å². The maximum atomic E-state index is 13.8. The Hall–Kier alpha value is -5.08. The Kier molecular flexibility index (Phi) is 12.3. The lowest BCUT2D eigenvalue weighted by Crippen LogP contribution is -2.49. The Bertz CT molecular complexity index is 1920. The smallest absolute Gasteiger partial charge is 0.418 e. The van der Waals surface area contributed by atoms with Crippen molar-refractivity contribution in [1.29, 1.82) is 0 Å². The number of anilines is 3. The highest BCUT2D eigenvalue weighted by molar-refractivity contribution is 6.02. The lowest BCUT2D eigenvalue weighted by atomic mass is 9.98. The van der Waals surface area contributed by atoms with Gasteiger partial charge in [-0.3, -0.25) is 14.5 Å². The van der Waals surface area contributed by atoms with Crippen molar-refractivity contribution in [2.75, 3.05) is 44.0 Å². The van der Waals surface area contributed by atoms with E-state index in [9.17, 15) is 41.0 Å². The van der Waals surface area contributed by atoms with Gasteiger partial charge in [0.1, 0.15) is 6.10 Å². The fourth-order valence-electron chi connectivity index (χ4n) is 6.40. The van der Waals surface area contributed by atoms with Crippen LogP contribution in [0.25, 0.3) is 0 Å². The van der Waals surface area contributed by atoms with Crippen LogP contribution < -0.4 is 15.0 Å². The first kappa shape index (κ1) is 40.1. The lowest BCUT2D eigenvalue weighted by Gasteiger charge is -2.38. The molecule has 1 aliphatic rings. The Balaban J connectivity index is 1.34. The molecule has 2 amide bonds. The second kappa shape index (κ2) is 16.5. The molecule has 0 fully saturated rings. The lowest BCUT2D eigenvalue weighted by molar-refractivity contribution is -0.138. The van der Waals surface area contributed by atoms with Gasteiger partial charge in [-0.1, -0.05) is 49.4 Å². The molecule has 0 aliphatic carbocycles.